The lowest BCUT2D eigenvalue weighted by atomic mass is 10.1. The first kappa shape index (κ1) is 18.8. The summed E-state index contributed by atoms with van der Waals surface area (Å²) in [5.41, 5.74) is 1.64. The number of ether oxygens (including phenoxy) is 1. The van der Waals surface area contributed by atoms with Crippen molar-refractivity contribution in [1.29, 1.82) is 5.26 Å². The zero-order chi connectivity index (χ0) is 20.1. The standard InChI is InChI=1S/C20H15N3O5/c21-10-15-7-4-8-16(9-15)11-22-18(25)19(26)23(20(22)27)12-17(24)28-13-14-5-2-1-3-6-14/h1-9H,11-13H2. The van der Waals surface area contributed by atoms with E-state index >= 15 is 0 Å². The number of carbonyl (C=O) groups excluding carboxylic acids is 4. The average Bonchev–Trinajstić information content (AvgIpc) is 2.91. The third-order valence-electron chi connectivity index (χ3n) is 4.06. The Hall–Kier alpha value is -3.99. The fourth-order valence-electron chi connectivity index (χ4n) is 2.66. The highest BCUT2D eigenvalue weighted by molar-refractivity contribution is 6.44. The second-order valence-corrected chi connectivity index (χ2v) is 6.02. The van der Waals surface area contributed by atoms with Gasteiger partial charge >= 0.3 is 23.8 Å². The fraction of sp³-hybridized carbons (Fsp3) is 0.150. The molecule has 3 rings (SSSR count). The van der Waals surface area contributed by atoms with E-state index in [2.05, 4.69) is 0 Å². The first-order chi connectivity index (χ1) is 13.5. The van der Waals surface area contributed by atoms with Gasteiger partial charge in [0.2, 0.25) is 0 Å². The molecule has 1 fully saturated rings. The Bertz CT molecular complexity index is 981. The summed E-state index contributed by atoms with van der Waals surface area (Å²) in [6.45, 7) is -0.825. The molecule has 2 aromatic rings. The third-order valence-corrected chi connectivity index (χ3v) is 4.06. The van der Waals surface area contributed by atoms with Crippen LogP contribution in [0.1, 0.15) is 16.7 Å². The predicted octanol–water partition coefficient (Wildman–Crippen LogP) is 1.59. The summed E-state index contributed by atoms with van der Waals surface area (Å²) in [6.07, 6.45) is 0. The molecule has 1 heterocycles. The van der Waals surface area contributed by atoms with Crippen LogP contribution in [0.3, 0.4) is 0 Å². The quantitative estimate of drug-likeness (QED) is 0.430. The molecule has 0 atom stereocenters. The molecular weight excluding hydrogens is 362 g/mol. The number of benzene rings is 2. The minimum absolute atomic E-state index is 0.00545. The van der Waals surface area contributed by atoms with Crippen molar-refractivity contribution >= 4 is 23.8 Å². The van der Waals surface area contributed by atoms with Crippen molar-refractivity contribution < 1.29 is 23.9 Å². The topological polar surface area (TPSA) is 108 Å². The first-order valence-corrected chi connectivity index (χ1v) is 8.35. The van der Waals surface area contributed by atoms with Crippen molar-refractivity contribution in [2.45, 2.75) is 13.2 Å². The monoisotopic (exact) mass is 377 g/mol. The van der Waals surface area contributed by atoms with Gasteiger partial charge in [-0.1, -0.05) is 42.5 Å². The van der Waals surface area contributed by atoms with Gasteiger partial charge in [0.15, 0.2) is 0 Å². The largest absolute Gasteiger partial charge is 0.459 e. The molecule has 0 aromatic heterocycles. The van der Waals surface area contributed by atoms with Crippen molar-refractivity contribution in [3.63, 3.8) is 0 Å². The molecule has 28 heavy (non-hydrogen) atoms. The molecule has 0 spiro atoms. The smallest absolute Gasteiger partial charge is 0.335 e. The zero-order valence-corrected chi connectivity index (χ0v) is 14.7. The van der Waals surface area contributed by atoms with E-state index in [1.807, 2.05) is 12.1 Å². The molecule has 0 N–H and O–H groups in total. The van der Waals surface area contributed by atoms with Gasteiger partial charge in [0.1, 0.15) is 13.2 Å². The molecule has 1 aliphatic rings. The minimum Gasteiger partial charge on any atom is -0.459 e. The van der Waals surface area contributed by atoms with Crippen molar-refractivity contribution in [1.82, 2.24) is 9.80 Å². The fourth-order valence-corrected chi connectivity index (χ4v) is 2.66. The maximum absolute atomic E-state index is 12.4. The second-order valence-electron chi connectivity index (χ2n) is 6.02. The highest BCUT2D eigenvalue weighted by Gasteiger charge is 2.45. The van der Waals surface area contributed by atoms with Gasteiger partial charge in [-0.25, -0.2) is 9.69 Å². The Balaban J connectivity index is 1.63. The van der Waals surface area contributed by atoms with E-state index in [1.165, 1.54) is 6.07 Å². The molecule has 0 unspecified atom stereocenters. The van der Waals surface area contributed by atoms with Gasteiger partial charge in [-0.15, -0.1) is 0 Å². The maximum atomic E-state index is 12.4. The number of hydrogen-bond donors (Lipinski definition) is 0. The number of nitriles is 1. The van der Waals surface area contributed by atoms with Crippen LogP contribution in [0.5, 0.6) is 0 Å². The van der Waals surface area contributed by atoms with Crippen LogP contribution in [-0.2, 0) is 32.3 Å². The van der Waals surface area contributed by atoms with E-state index in [4.69, 9.17) is 10.00 Å². The van der Waals surface area contributed by atoms with Gasteiger partial charge < -0.3 is 4.74 Å². The van der Waals surface area contributed by atoms with Crippen LogP contribution in [-0.4, -0.2) is 40.2 Å². The van der Waals surface area contributed by atoms with Crippen molar-refractivity contribution in [3.8, 4) is 6.07 Å². The summed E-state index contributed by atoms with van der Waals surface area (Å²) in [7, 11) is 0. The Labute approximate surface area is 160 Å². The van der Waals surface area contributed by atoms with Crippen LogP contribution in [0.25, 0.3) is 0 Å². The predicted molar refractivity (Wildman–Crippen MR) is 95.1 cm³/mol. The summed E-state index contributed by atoms with van der Waals surface area (Å²) in [4.78, 5) is 50.0. The van der Waals surface area contributed by atoms with Crippen molar-refractivity contribution in [2.24, 2.45) is 0 Å². The van der Waals surface area contributed by atoms with E-state index < -0.39 is 30.4 Å². The van der Waals surface area contributed by atoms with Crippen LogP contribution in [0.2, 0.25) is 0 Å². The number of nitrogens with zero attached hydrogens (tertiary/aromatic N) is 3. The summed E-state index contributed by atoms with van der Waals surface area (Å²) < 4.78 is 5.05. The number of amides is 4. The van der Waals surface area contributed by atoms with E-state index in [0.717, 1.165) is 10.5 Å². The molecule has 1 aliphatic heterocycles. The molecule has 2 aromatic carbocycles. The summed E-state index contributed by atoms with van der Waals surface area (Å²) in [5, 5.41) is 8.93. The highest BCUT2D eigenvalue weighted by Crippen LogP contribution is 2.17. The Morgan fingerprint density at radius 3 is 2.32 bits per heavy atom. The molecule has 8 heteroatoms. The summed E-state index contributed by atoms with van der Waals surface area (Å²) >= 11 is 0. The van der Waals surface area contributed by atoms with Crippen molar-refractivity contribution in [3.05, 3.63) is 71.3 Å². The zero-order valence-electron chi connectivity index (χ0n) is 14.7. The van der Waals surface area contributed by atoms with Gasteiger partial charge in [0, 0.05) is 0 Å². The molecule has 0 saturated carbocycles. The van der Waals surface area contributed by atoms with Gasteiger partial charge in [-0.05, 0) is 23.3 Å². The van der Waals surface area contributed by atoms with Gasteiger partial charge in [0.05, 0.1) is 18.2 Å². The minimum atomic E-state index is -1.09. The SMILES string of the molecule is N#Cc1cccc(CN2C(=O)C(=O)N(CC(=O)OCc3ccccc3)C2=O)c1. The Kier molecular flexibility index (Phi) is 5.46. The maximum Gasteiger partial charge on any atom is 0.335 e. The number of imide groups is 2. The molecule has 0 aliphatic carbocycles. The van der Waals surface area contributed by atoms with Gasteiger partial charge in [0.25, 0.3) is 0 Å². The number of hydrogen-bond acceptors (Lipinski definition) is 6. The normalized spacial score (nSPS) is 13.6. The Morgan fingerprint density at radius 2 is 1.61 bits per heavy atom. The van der Waals surface area contributed by atoms with E-state index in [-0.39, 0.29) is 13.2 Å². The lowest BCUT2D eigenvalue weighted by Crippen LogP contribution is -2.37. The first-order valence-electron chi connectivity index (χ1n) is 8.35. The third kappa shape index (κ3) is 4.04. The lowest BCUT2D eigenvalue weighted by molar-refractivity contribution is -0.149. The second kappa shape index (κ2) is 8.14. The van der Waals surface area contributed by atoms with Crippen LogP contribution in [0, 0.1) is 11.3 Å². The van der Waals surface area contributed by atoms with E-state index in [0.29, 0.717) is 16.0 Å². The molecule has 4 amide bonds. The van der Waals surface area contributed by atoms with Crippen LogP contribution in [0.15, 0.2) is 54.6 Å². The Morgan fingerprint density at radius 1 is 0.929 bits per heavy atom. The summed E-state index contributed by atoms with van der Waals surface area (Å²) in [5.74, 6) is -2.91. The number of rotatable bonds is 6. The number of urea groups is 1. The van der Waals surface area contributed by atoms with Crippen molar-refractivity contribution in [2.75, 3.05) is 6.54 Å². The van der Waals surface area contributed by atoms with E-state index in [9.17, 15) is 19.2 Å². The number of esters is 1. The molecule has 0 bridgehead atoms. The highest BCUT2D eigenvalue weighted by atomic mass is 16.5. The van der Waals surface area contributed by atoms with E-state index in [1.54, 1.807) is 42.5 Å². The van der Waals surface area contributed by atoms with Crippen LogP contribution >= 0.6 is 0 Å². The van der Waals surface area contributed by atoms with Gasteiger partial charge in [-0.3, -0.25) is 19.3 Å². The summed E-state index contributed by atoms with van der Waals surface area (Å²) in [6, 6.07) is 16.3. The molecule has 1 saturated heterocycles. The molecule has 0 radical (unpaired) electrons. The molecular formula is C20H15N3O5. The average molecular weight is 377 g/mol. The van der Waals surface area contributed by atoms with Crippen LogP contribution in [0.4, 0.5) is 4.79 Å². The lowest BCUT2D eigenvalue weighted by Gasteiger charge is -2.15. The number of carbonyl (C=O) groups is 4. The van der Waals surface area contributed by atoms with Gasteiger partial charge in [-0.2, -0.15) is 5.26 Å². The molecule has 140 valence electrons. The van der Waals surface area contributed by atoms with Crippen LogP contribution < -0.4 is 0 Å². The molecule has 8 nitrogen and oxygen atoms in total.